The van der Waals surface area contributed by atoms with E-state index in [1.807, 2.05) is 51.1 Å². The van der Waals surface area contributed by atoms with E-state index in [-0.39, 0.29) is 17.9 Å². The maximum absolute atomic E-state index is 12.3. The minimum absolute atomic E-state index is 0.0191. The van der Waals surface area contributed by atoms with Gasteiger partial charge in [0.15, 0.2) is 0 Å². The van der Waals surface area contributed by atoms with Crippen LogP contribution >= 0.6 is 11.8 Å². The van der Waals surface area contributed by atoms with Crippen LogP contribution in [0.1, 0.15) is 42.5 Å². The largest absolute Gasteiger partial charge is 0.349 e. The van der Waals surface area contributed by atoms with Gasteiger partial charge in [0, 0.05) is 12.1 Å². The van der Waals surface area contributed by atoms with Gasteiger partial charge in [-0.05, 0) is 66.5 Å². The van der Waals surface area contributed by atoms with Gasteiger partial charge in [-0.1, -0.05) is 54.6 Å². The van der Waals surface area contributed by atoms with Crippen molar-refractivity contribution in [2.24, 2.45) is 0 Å². The van der Waals surface area contributed by atoms with Gasteiger partial charge in [-0.25, -0.2) is 0 Å². The summed E-state index contributed by atoms with van der Waals surface area (Å²) in [5, 5.41) is 8.45. The Morgan fingerprint density at radius 3 is 2.35 bits per heavy atom. The minimum Gasteiger partial charge on any atom is -0.349 e. The number of carbonyl (C=O) groups is 2. The molecule has 5 heteroatoms. The van der Waals surface area contributed by atoms with Crippen molar-refractivity contribution in [3.63, 3.8) is 0 Å². The number of rotatable bonds is 9. The van der Waals surface area contributed by atoms with Crippen molar-refractivity contribution in [3.05, 3.63) is 77.4 Å². The second-order valence-electron chi connectivity index (χ2n) is 7.87. The van der Waals surface area contributed by atoms with Crippen LogP contribution in [0.15, 0.2) is 60.7 Å². The molecule has 31 heavy (non-hydrogen) atoms. The maximum atomic E-state index is 12.3. The zero-order valence-electron chi connectivity index (χ0n) is 18.4. The SMILES string of the molecule is Cc1cccc(C)c1NC(=O)CCCSCC(=O)N[C@@H](C)c1ccc2ccccc2c1. The predicted octanol–water partition coefficient (Wildman–Crippen LogP) is 5.79. The second kappa shape index (κ2) is 11.0. The lowest BCUT2D eigenvalue weighted by atomic mass is 10.0. The summed E-state index contributed by atoms with van der Waals surface area (Å²) in [6, 6.07) is 20.4. The summed E-state index contributed by atoms with van der Waals surface area (Å²) < 4.78 is 0. The summed E-state index contributed by atoms with van der Waals surface area (Å²) >= 11 is 1.56. The highest BCUT2D eigenvalue weighted by Crippen LogP contribution is 2.21. The molecule has 0 unspecified atom stereocenters. The summed E-state index contributed by atoms with van der Waals surface area (Å²) in [6.07, 6.45) is 1.20. The highest BCUT2D eigenvalue weighted by atomic mass is 32.2. The number of benzene rings is 3. The number of amides is 2. The lowest BCUT2D eigenvalue weighted by Gasteiger charge is -2.15. The van der Waals surface area contributed by atoms with Gasteiger partial charge >= 0.3 is 0 Å². The second-order valence-corrected chi connectivity index (χ2v) is 8.97. The van der Waals surface area contributed by atoms with Gasteiger partial charge in [0.1, 0.15) is 0 Å². The van der Waals surface area contributed by atoms with E-state index in [1.165, 1.54) is 10.8 Å². The molecule has 0 aliphatic heterocycles. The summed E-state index contributed by atoms with van der Waals surface area (Å²) in [7, 11) is 0. The molecule has 0 aliphatic carbocycles. The van der Waals surface area contributed by atoms with Crippen LogP contribution in [0, 0.1) is 13.8 Å². The highest BCUT2D eigenvalue weighted by Gasteiger charge is 2.11. The van der Waals surface area contributed by atoms with Crippen LogP contribution in [0.4, 0.5) is 5.69 Å². The molecule has 0 spiro atoms. The lowest BCUT2D eigenvalue weighted by Crippen LogP contribution is -2.28. The maximum Gasteiger partial charge on any atom is 0.230 e. The zero-order chi connectivity index (χ0) is 22.2. The molecular weight excluding hydrogens is 404 g/mol. The molecule has 0 fully saturated rings. The third-order valence-corrected chi connectivity index (χ3v) is 6.37. The first-order valence-electron chi connectivity index (χ1n) is 10.7. The summed E-state index contributed by atoms with van der Waals surface area (Å²) in [5.74, 6) is 1.21. The number of nitrogens with one attached hydrogen (secondary N) is 2. The first-order chi connectivity index (χ1) is 14.9. The van der Waals surface area contributed by atoms with Crippen LogP contribution in [-0.4, -0.2) is 23.3 Å². The normalized spacial score (nSPS) is 11.8. The molecule has 162 valence electrons. The van der Waals surface area contributed by atoms with Crippen molar-refractivity contribution in [1.29, 1.82) is 0 Å². The Kier molecular flexibility index (Phi) is 8.13. The topological polar surface area (TPSA) is 58.2 Å². The standard InChI is InChI=1S/C26H30N2O2S/c1-18-8-6-9-19(2)26(18)28-24(29)12-7-15-31-17-25(30)27-20(3)22-14-13-21-10-4-5-11-23(21)16-22/h4-6,8-11,13-14,16,20H,7,12,15,17H2,1-3H3,(H,27,30)(H,28,29)/t20-/m0/s1. The molecule has 4 nitrogen and oxygen atoms in total. The van der Waals surface area contributed by atoms with Gasteiger partial charge in [0.25, 0.3) is 0 Å². The number of carbonyl (C=O) groups excluding carboxylic acids is 2. The lowest BCUT2D eigenvalue weighted by molar-refractivity contribution is -0.119. The average molecular weight is 435 g/mol. The summed E-state index contributed by atoms with van der Waals surface area (Å²) in [6.45, 7) is 6.00. The molecule has 1 atom stereocenters. The average Bonchev–Trinajstić information content (AvgIpc) is 2.75. The monoisotopic (exact) mass is 434 g/mol. The molecule has 3 aromatic carbocycles. The van der Waals surface area contributed by atoms with Gasteiger partial charge in [0.2, 0.25) is 11.8 Å². The smallest absolute Gasteiger partial charge is 0.230 e. The number of fused-ring (bicyclic) bond motifs is 1. The number of hydrogen-bond donors (Lipinski definition) is 2. The number of anilines is 1. The van der Waals surface area contributed by atoms with Gasteiger partial charge in [0.05, 0.1) is 11.8 Å². The molecule has 0 aromatic heterocycles. The molecule has 0 bridgehead atoms. The van der Waals surface area contributed by atoms with Crippen molar-refractivity contribution >= 4 is 40.0 Å². The van der Waals surface area contributed by atoms with Crippen molar-refractivity contribution in [2.45, 2.75) is 39.7 Å². The zero-order valence-corrected chi connectivity index (χ0v) is 19.2. The molecule has 0 radical (unpaired) electrons. The quantitative estimate of drug-likeness (QED) is 0.419. The van der Waals surface area contributed by atoms with E-state index in [4.69, 9.17) is 0 Å². The van der Waals surface area contributed by atoms with Gasteiger partial charge in [-0.2, -0.15) is 11.8 Å². The fraction of sp³-hybridized carbons (Fsp3) is 0.308. The molecule has 0 heterocycles. The number of hydrogen-bond acceptors (Lipinski definition) is 3. The van der Waals surface area contributed by atoms with Crippen LogP contribution in [-0.2, 0) is 9.59 Å². The van der Waals surface area contributed by atoms with Crippen molar-refractivity contribution in [2.75, 3.05) is 16.8 Å². The van der Waals surface area contributed by atoms with Gasteiger partial charge in [-0.15, -0.1) is 0 Å². The minimum atomic E-state index is -0.0409. The molecule has 0 saturated carbocycles. The van der Waals surface area contributed by atoms with E-state index in [0.29, 0.717) is 12.2 Å². The summed E-state index contributed by atoms with van der Waals surface area (Å²) in [5.41, 5.74) is 4.14. The fourth-order valence-electron chi connectivity index (χ4n) is 3.56. The van der Waals surface area contributed by atoms with Crippen LogP contribution in [0.2, 0.25) is 0 Å². The van der Waals surface area contributed by atoms with Gasteiger partial charge in [-0.3, -0.25) is 9.59 Å². The molecule has 2 amide bonds. The Morgan fingerprint density at radius 1 is 0.903 bits per heavy atom. The van der Waals surface area contributed by atoms with E-state index in [9.17, 15) is 9.59 Å². The predicted molar refractivity (Wildman–Crippen MR) is 132 cm³/mol. The van der Waals surface area contributed by atoms with E-state index in [0.717, 1.165) is 34.6 Å². The molecule has 0 saturated heterocycles. The molecule has 3 rings (SSSR count). The Morgan fingerprint density at radius 2 is 1.61 bits per heavy atom. The fourth-order valence-corrected chi connectivity index (χ4v) is 4.32. The molecule has 0 aliphatic rings. The van der Waals surface area contributed by atoms with Crippen LogP contribution in [0.25, 0.3) is 10.8 Å². The molecular formula is C26H30N2O2S. The Hall–Kier alpha value is -2.79. The van der Waals surface area contributed by atoms with E-state index >= 15 is 0 Å². The summed E-state index contributed by atoms with van der Waals surface area (Å²) in [4.78, 5) is 24.5. The van der Waals surface area contributed by atoms with Crippen molar-refractivity contribution in [1.82, 2.24) is 5.32 Å². The van der Waals surface area contributed by atoms with E-state index < -0.39 is 0 Å². The Balaban J connectivity index is 1.36. The number of para-hydroxylation sites is 1. The van der Waals surface area contributed by atoms with E-state index in [2.05, 4.69) is 41.0 Å². The van der Waals surface area contributed by atoms with Crippen molar-refractivity contribution in [3.8, 4) is 0 Å². The van der Waals surface area contributed by atoms with Crippen LogP contribution in [0.5, 0.6) is 0 Å². The highest BCUT2D eigenvalue weighted by molar-refractivity contribution is 7.99. The van der Waals surface area contributed by atoms with E-state index in [1.54, 1.807) is 11.8 Å². The van der Waals surface area contributed by atoms with Gasteiger partial charge < -0.3 is 10.6 Å². The first kappa shape index (κ1) is 22.9. The number of aryl methyl sites for hydroxylation is 2. The number of thioether (sulfide) groups is 1. The Bertz CT molecular complexity index is 1040. The first-order valence-corrected chi connectivity index (χ1v) is 11.8. The van der Waals surface area contributed by atoms with Crippen molar-refractivity contribution < 1.29 is 9.59 Å². The molecule has 3 aromatic rings. The van der Waals surface area contributed by atoms with Crippen LogP contribution in [0.3, 0.4) is 0 Å². The third kappa shape index (κ3) is 6.59. The molecule has 2 N–H and O–H groups in total. The third-order valence-electron chi connectivity index (χ3n) is 5.32. The van der Waals surface area contributed by atoms with Crippen LogP contribution < -0.4 is 10.6 Å². The Labute approximate surface area is 188 Å².